The summed E-state index contributed by atoms with van der Waals surface area (Å²) in [5.74, 6) is -0.972. The Bertz CT molecular complexity index is 524. The lowest BCUT2D eigenvalue weighted by Crippen LogP contribution is -2.34. The molecule has 0 aliphatic carbocycles. The van der Waals surface area contributed by atoms with Crippen LogP contribution in [0.1, 0.15) is 19.6 Å². The topological polar surface area (TPSA) is 84.3 Å². The van der Waals surface area contributed by atoms with Crippen molar-refractivity contribution in [2.24, 2.45) is 5.92 Å². The summed E-state index contributed by atoms with van der Waals surface area (Å²) in [5.41, 5.74) is -1.76. The molecular weight excluding hydrogens is 231 g/mol. The quantitative estimate of drug-likeness (QED) is 0.740. The molecule has 1 fully saturated rings. The fourth-order valence-electron chi connectivity index (χ4n) is 1.94. The van der Waals surface area contributed by atoms with Gasteiger partial charge in [-0.3, -0.25) is 14.3 Å². The predicted octanol–water partition coefficient (Wildman–Crippen LogP) is -0.408. The van der Waals surface area contributed by atoms with Gasteiger partial charge in [0.1, 0.15) is 6.23 Å². The van der Waals surface area contributed by atoms with Crippen LogP contribution in [0.4, 0.5) is 4.39 Å². The van der Waals surface area contributed by atoms with Crippen LogP contribution in [0.3, 0.4) is 0 Å². The maximum atomic E-state index is 13.1. The number of halogens is 1. The van der Waals surface area contributed by atoms with Crippen molar-refractivity contribution >= 4 is 0 Å². The second kappa shape index (κ2) is 4.42. The van der Waals surface area contributed by atoms with E-state index in [1.165, 1.54) is 0 Å². The Balaban J connectivity index is 2.34. The Hall–Kier alpha value is -1.47. The molecule has 94 valence electrons. The first kappa shape index (κ1) is 12.0. The van der Waals surface area contributed by atoms with E-state index >= 15 is 0 Å². The molecule has 6 nitrogen and oxygen atoms in total. The van der Waals surface area contributed by atoms with Gasteiger partial charge < -0.3 is 9.84 Å². The molecule has 0 amide bonds. The Labute approximate surface area is 95.7 Å². The molecule has 1 saturated heterocycles. The number of hydrogen-bond acceptors (Lipinski definition) is 4. The van der Waals surface area contributed by atoms with Crippen LogP contribution in [0.5, 0.6) is 0 Å². The summed E-state index contributed by atoms with van der Waals surface area (Å²) in [5, 5.41) is 9.02. The van der Waals surface area contributed by atoms with Gasteiger partial charge in [0.2, 0.25) is 5.82 Å². The monoisotopic (exact) mass is 244 g/mol. The predicted molar refractivity (Wildman–Crippen MR) is 56.1 cm³/mol. The van der Waals surface area contributed by atoms with Crippen molar-refractivity contribution in [3.63, 3.8) is 0 Å². The van der Waals surface area contributed by atoms with Crippen molar-refractivity contribution in [3.05, 3.63) is 32.9 Å². The van der Waals surface area contributed by atoms with Crippen LogP contribution < -0.4 is 11.2 Å². The Morgan fingerprint density at radius 2 is 2.35 bits per heavy atom. The highest BCUT2D eigenvalue weighted by atomic mass is 19.1. The van der Waals surface area contributed by atoms with Crippen molar-refractivity contribution in [3.8, 4) is 0 Å². The fourth-order valence-corrected chi connectivity index (χ4v) is 1.94. The minimum atomic E-state index is -1.05. The van der Waals surface area contributed by atoms with E-state index in [1.807, 2.05) is 11.9 Å². The van der Waals surface area contributed by atoms with E-state index in [2.05, 4.69) is 0 Å². The number of ether oxygens (including phenoxy) is 1. The molecule has 0 saturated carbocycles. The lowest BCUT2D eigenvalue weighted by atomic mass is 10.0. The Morgan fingerprint density at radius 3 is 2.94 bits per heavy atom. The molecule has 0 spiro atoms. The summed E-state index contributed by atoms with van der Waals surface area (Å²) < 4.78 is 19.5. The molecule has 0 aromatic carbocycles. The molecule has 0 unspecified atom stereocenters. The van der Waals surface area contributed by atoms with Gasteiger partial charge in [-0.1, -0.05) is 6.92 Å². The number of rotatable bonds is 2. The van der Waals surface area contributed by atoms with Gasteiger partial charge in [-0.25, -0.2) is 4.79 Å². The molecule has 7 heteroatoms. The second-order valence-electron chi connectivity index (χ2n) is 4.17. The number of aliphatic hydroxyl groups is 1. The van der Waals surface area contributed by atoms with Gasteiger partial charge in [-0.2, -0.15) is 4.39 Å². The van der Waals surface area contributed by atoms with E-state index in [9.17, 15) is 14.0 Å². The lowest BCUT2D eigenvalue weighted by molar-refractivity contribution is -0.0317. The SMILES string of the molecule is C[C@@H]1C[C@H](n2cc(F)c(=O)[nH]c2=O)O[C@@H]1CO. The highest BCUT2D eigenvalue weighted by Gasteiger charge is 2.33. The molecule has 2 N–H and O–H groups in total. The minimum absolute atomic E-state index is 0.0619. The zero-order valence-corrected chi connectivity index (χ0v) is 9.22. The van der Waals surface area contributed by atoms with Gasteiger partial charge in [0, 0.05) is 0 Å². The standard InChI is InChI=1S/C10H13FN2O4/c1-5-2-8(17-7(5)4-14)13-3-6(11)9(15)12-10(13)16/h3,5,7-8,14H,2,4H2,1H3,(H,12,15,16)/t5-,7-,8-/m1/s1. The number of H-pyrrole nitrogens is 1. The van der Waals surface area contributed by atoms with Gasteiger partial charge in [0.25, 0.3) is 5.56 Å². The third-order valence-electron chi connectivity index (χ3n) is 2.95. The van der Waals surface area contributed by atoms with Crippen molar-refractivity contribution in [2.45, 2.75) is 25.7 Å². The largest absolute Gasteiger partial charge is 0.394 e. The number of hydrogen-bond donors (Lipinski definition) is 2. The van der Waals surface area contributed by atoms with E-state index in [4.69, 9.17) is 9.84 Å². The number of aromatic amines is 1. The minimum Gasteiger partial charge on any atom is -0.394 e. The average Bonchev–Trinajstić information content (AvgIpc) is 2.65. The first-order chi connectivity index (χ1) is 8.02. The maximum Gasteiger partial charge on any atom is 0.330 e. The molecule has 2 rings (SSSR count). The number of aliphatic hydroxyl groups excluding tert-OH is 1. The highest BCUT2D eigenvalue weighted by Crippen LogP contribution is 2.31. The van der Waals surface area contributed by atoms with E-state index in [0.29, 0.717) is 6.42 Å². The lowest BCUT2D eigenvalue weighted by Gasteiger charge is -2.14. The van der Waals surface area contributed by atoms with Crippen molar-refractivity contribution in [2.75, 3.05) is 6.61 Å². The normalized spacial score (nSPS) is 28.5. The van der Waals surface area contributed by atoms with Gasteiger partial charge in [0.15, 0.2) is 0 Å². The highest BCUT2D eigenvalue weighted by molar-refractivity contribution is 4.90. The molecule has 1 aromatic rings. The van der Waals surface area contributed by atoms with Gasteiger partial charge >= 0.3 is 5.69 Å². The number of nitrogens with one attached hydrogen (secondary N) is 1. The molecule has 17 heavy (non-hydrogen) atoms. The van der Waals surface area contributed by atoms with E-state index < -0.39 is 23.3 Å². The van der Waals surface area contributed by atoms with Crippen LogP contribution in [0.25, 0.3) is 0 Å². The van der Waals surface area contributed by atoms with Crippen molar-refractivity contribution in [1.82, 2.24) is 9.55 Å². The summed E-state index contributed by atoms with van der Waals surface area (Å²) in [7, 11) is 0. The molecule has 3 atom stereocenters. The molecule has 1 aliphatic heterocycles. The third-order valence-corrected chi connectivity index (χ3v) is 2.95. The molecule has 0 bridgehead atoms. The summed E-state index contributed by atoms with van der Waals surface area (Å²) in [6.45, 7) is 1.71. The first-order valence-electron chi connectivity index (χ1n) is 5.30. The van der Waals surface area contributed by atoms with Crippen molar-refractivity contribution in [1.29, 1.82) is 0 Å². The van der Waals surface area contributed by atoms with Crippen LogP contribution >= 0.6 is 0 Å². The van der Waals surface area contributed by atoms with Gasteiger partial charge in [-0.05, 0) is 12.3 Å². The first-order valence-corrected chi connectivity index (χ1v) is 5.30. The van der Waals surface area contributed by atoms with Crippen LogP contribution in [-0.2, 0) is 4.74 Å². The smallest absolute Gasteiger partial charge is 0.330 e. The zero-order valence-electron chi connectivity index (χ0n) is 9.22. The van der Waals surface area contributed by atoms with Crippen LogP contribution in [0.2, 0.25) is 0 Å². The molecule has 2 heterocycles. The zero-order chi connectivity index (χ0) is 12.6. The van der Waals surface area contributed by atoms with Crippen molar-refractivity contribution < 1.29 is 14.2 Å². The second-order valence-corrected chi connectivity index (χ2v) is 4.17. The number of aromatic nitrogens is 2. The van der Waals surface area contributed by atoms with E-state index in [0.717, 1.165) is 10.8 Å². The number of nitrogens with zero attached hydrogens (tertiary/aromatic N) is 1. The summed E-state index contributed by atoms with van der Waals surface area (Å²) >= 11 is 0. The molecule has 1 aromatic heterocycles. The summed E-state index contributed by atoms with van der Waals surface area (Å²) in [6, 6.07) is 0. The maximum absolute atomic E-state index is 13.1. The Kier molecular flexibility index (Phi) is 3.12. The molecule has 0 radical (unpaired) electrons. The van der Waals surface area contributed by atoms with Crippen LogP contribution in [0, 0.1) is 11.7 Å². The summed E-state index contributed by atoms with van der Waals surface area (Å²) in [4.78, 5) is 24.2. The van der Waals surface area contributed by atoms with E-state index in [1.54, 1.807) is 0 Å². The third kappa shape index (κ3) is 2.16. The van der Waals surface area contributed by atoms with Gasteiger partial charge in [0.05, 0.1) is 18.9 Å². The summed E-state index contributed by atoms with van der Waals surface area (Å²) in [6.07, 6.45) is 0.289. The van der Waals surface area contributed by atoms with Crippen LogP contribution in [0.15, 0.2) is 15.8 Å². The van der Waals surface area contributed by atoms with E-state index in [-0.39, 0.29) is 18.6 Å². The fraction of sp³-hybridized carbons (Fsp3) is 0.600. The molecule has 1 aliphatic rings. The van der Waals surface area contributed by atoms with Gasteiger partial charge in [-0.15, -0.1) is 0 Å². The molecular formula is C10H13FN2O4. The average molecular weight is 244 g/mol. The van der Waals surface area contributed by atoms with Crippen LogP contribution in [-0.4, -0.2) is 27.4 Å². The Morgan fingerprint density at radius 1 is 1.65 bits per heavy atom.